The van der Waals surface area contributed by atoms with Crippen molar-refractivity contribution in [2.45, 2.75) is 20.1 Å². The lowest BCUT2D eigenvalue weighted by Crippen LogP contribution is -2.06. The standard InChI is InChI=1S/C24H21FO3/c1-16(2)24(27)28-15-20-13-19(18-9-7-17(14-26)8-10-18)11-12-21(20)22-5-3-4-6-23(22)25/h3-13,26H,1,14-15H2,2H3. The molecule has 0 bridgehead atoms. The molecule has 0 atom stereocenters. The minimum Gasteiger partial charge on any atom is -0.457 e. The van der Waals surface area contributed by atoms with Crippen LogP contribution in [0.1, 0.15) is 18.1 Å². The molecule has 142 valence electrons. The fourth-order valence-electron chi connectivity index (χ4n) is 2.90. The first-order valence-corrected chi connectivity index (χ1v) is 8.90. The Morgan fingerprint density at radius 3 is 2.32 bits per heavy atom. The lowest BCUT2D eigenvalue weighted by molar-refractivity contribution is -0.140. The number of halogens is 1. The van der Waals surface area contributed by atoms with Crippen molar-refractivity contribution in [1.29, 1.82) is 0 Å². The van der Waals surface area contributed by atoms with Gasteiger partial charge in [0.2, 0.25) is 0 Å². The quantitative estimate of drug-likeness (QED) is 0.471. The number of hydrogen-bond donors (Lipinski definition) is 1. The van der Waals surface area contributed by atoms with Gasteiger partial charge in [-0.25, -0.2) is 9.18 Å². The monoisotopic (exact) mass is 376 g/mol. The number of esters is 1. The number of carbonyl (C=O) groups is 1. The number of benzene rings is 3. The van der Waals surface area contributed by atoms with Gasteiger partial charge in [-0.2, -0.15) is 0 Å². The van der Waals surface area contributed by atoms with Crippen molar-refractivity contribution < 1.29 is 19.0 Å². The first-order valence-electron chi connectivity index (χ1n) is 8.90. The molecule has 3 aromatic rings. The van der Waals surface area contributed by atoms with Gasteiger partial charge < -0.3 is 9.84 Å². The van der Waals surface area contributed by atoms with E-state index >= 15 is 0 Å². The summed E-state index contributed by atoms with van der Waals surface area (Å²) in [4.78, 5) is 11.8. The zero-order valence-electron chi connectivity index (χ0n) is 15.6. The van der Waals surface area contributed by atoms with Crippen LogP contribution in [0.4, 0.5) is 4.39 Å². The first kappa shape index (κ1) is 19.5. The largest absolute Gasteiger partial charge is 0.457 e. The fourth-order valence-corrected chi connectivity index (χ4v) is 2.90. The van der Waals surface area contributed by atoms with E-state index in [9.17, 15) is 14.3 Å². The fraction of sp³-hybridized carbons (Fsp3) is 0.125. The minimum absolute atomic E-state index is 0.0118. The molecule has 0 aliphatic rings. The van der Waals surface area contributed by atoms with E-state index in [4.69, 9.17) is 4.74 Å². The van der Waals surface area contributed by atoms with Gasteiger partial charge in [0.15, 0.2) is 0 Å². The molecular formula is C24H21FO3. The predicted molar refractivity (Wildman–Crippen MR) is 108 cm³/mol. The normalized spacial score (nSPS) is 10.5. The van der Waals surface area contributed by atoms with Crippen molar-refractivity contribution in [2.24, 2.45) is 0 Å². The van der Waals surface area contributed by atoms with Crippen LogP contribution in [0.15, 0.2) is 78.9 Å². The molecule has 0 spiro atoms. The summed E-state index contributed by atoms with van der Waals surface area (Å²) in [5.74, 6) is -0.827. The van der Waals surface area contributed by atoms with Crippen LogP contribution in [0.2, 0.25) is 0 Å². The number of ether oxygens (including phenoxy) is 1. The number of hydrogen-bond acceptors (Lipinski definition) is 3. The maximum atomic E-state index is 14.3. The summed E-state index contributed by atoms with van der Waals surface area (Å²) < 4.78 is 19.7. The molecular weight excluding hydrogens is 355 g/mol. The van der Waals surface area contributed by atoms with Gasteiger partial charge in [0.25, 0.3) is 0 Å². The maximum absolute atomic E-state index is 14.3. The molecule has 0 fully saturated rings. The predicted octanol–water partition coefficient (Wildman–Crippen LogP) is 5.27. The second-order valence-electron chi connectivity index (χ2n) is 6.56. The number of rotatable bonds is 6. The van der Waals surface area contributed by atoms with Gasteiger partial charge in [0.05, 0.1) is 6.61 Å². The first-order chi connectivity index (χ1) is 13.5. The molecule has 3 rings (SSSR count). The summed E-state index contributed by atoms with van der Waals surface area (Å²) >= 11 is 0. The Morgan fingerprint density at radius 1 is 1.00 bits per heavy atom. The molecule has 3 aromatic carbocycles. The summed E-state index contributed by atoms with van der Waals surface area (Å²) in [6, 6.07) is 19.6. The SMILES string of the molecule is C=C(C)C(=O)OCc1cc(-c2ccc(CO)cc2)ccc1-c1ccccc1F. The van der Waals surface area contributed by atoms with E-state index in [2.05, 4.69) is 6.58 Å². The molecule has 0 heterocycles. The average molecular weight is 376 g/mol. The van der Waals surface area contributed by atoms with Crippen LogP contribution in [-0.2, 0) is 22.7 Å². The number of aliphatic hydroxyl groups is 1. The van der Waals surface area contributed by atoms with Crippen LogP contribution in [-0.4, -0.2) is 11.1 Å². The van der Waals surface area contributed by atoms with Crippen molar-refractivity contribution in [2.75, 3.05) is 0 Å². The van der Waals surface area contributed by atoms with Crippen molar-refractivity contribution in [1.82, 2.24) is 0 Å². The molecule has 0 unspecified atom stereocenters. The molecule has 0 amide bonds. The Kier molecular flexibility index (Phi) is 6.02. The Bertz CT molecular complexity index is 1010. The van der Waals surface area contributed by atoms with Crippen LogP contribution in [0.5, 0.6) is 0 Å². The van der Waals surface area contributed by atoms with E-state index < -0.39 is 5.97 Å². The molecule has 3 nitrogen and oxygen atoms in total. The molecule has 0 aliphatic heterocycles. The third-order valence-electron chi connectivity index (χ3n) is 4.45. The second-order valence-corrected chi connectivity index (χ2v) is 6.56. The van der Waals surface area contributed by atoms with Gasteiger partial charge in [-0.3, -0.25) is 0 Å². The molecule has 0 saturated carbocycles. The third-order valence-corrected chi connectivity index (χ3v) is 4.45. The Hall–Kier alpha value is -3.24. The van der Waals surface area contributed by atoms with E-state index in [-0.39, 0.29) is 19.0 Å². The maximum Gasteiger partial charge on any atom is 0.333 e. The van der Waals surface area contributed by atoms with Crippen LogP contribution < -0.4 is 0 Å². The minimum atomic E-state index is -0.489. The summed E-state index contributed by atoms with van der Waals surface area (Å²) in [6.45, 7) is 5.16. The van der Waals surface area contributed by atoms with Crippen molar-refractivity contribution in [3.05, 3.63) is 95.8 Å². The van der Waals surface area contributed by atoms with Gasteiger partial charge in [0.1, 0.15) is 12.4 Å². The van der Waals surface area contributed by atoms with E-state index in [1.165, 1.54) is 6.07 Å². The highest BCUT2D eigenvalue weighted by molar-refractivity contribution is 5.87. The summed E-state index contributed by atoms with van der Waals surface area (Å²) in [5.41, 5.74) is 4.80. The van der Waals surface area contributed by atoms with Crippen LogP contribution in [0.25, 0.3) is 22.3 Å². The van der Waals surface area contributed by atoms with Crippen LogP contribution in [0, 0.1) is 5.82 Å². The number of aliphatic hydroxyl groups excluding tert-OH is 1. The Labute approximate surface area is 163 Å². The van der Waals surface area contributed by atoms with Gasteiger partial charge in [-0.1, -0.05) is 61.2 Å². The number of carbonyl (C=O) groups excluding carboxylic acids is 1. The smallest absolute Gasteiger partial charge is 0.333 e. The Balaban J connectivity index is 2.03. The van der Waals surface area contributed by atoms with Crippen molar-refractivity contribution in [3.8, 4) is 22.3 Å². The molecule has 0 aliphatic carbocycles. The lowest BCUT2D eigenvalue weighted by Gasteiger charge is -2.14. The molecule has 0 saturated heterocycles. The van der Waals surface area contributed by atoms with E-state index in [1.54, 1.807) is 25.1 Å². The molecule has 0 aromatic heterocycles. The second kappa shape index (κ2) is 8.63. The van der Waals surface area contributed by atoms with E-state index in [1.807, 2.05) is 42.5 Å². The Morgan fingerprint density at radius 2 is 1.68 bits per heavy atom. The van der Waals surface area contributed by atoms with E-state index in [0.717, 1.165) is 16.7 Å². The molecule has 0 radical (unpaired) electrons. The summed E-state index contributed by atoms with van der Waals surface area (Å²) in [5, 5.41) is 9.21. The topological polar surface area (TPSA) is 46.5 Å². The van der Waals surface area contributed by atoms with Crippen LogP contribution in [0.3, 0.4) is 0 Å². The highest BCUT2D eigenvalue weighted by atomic mass is 19.1. The average Bonchev–Trinajstić information content (AvgIpc) is 2.72. The van der Waals surface area contributed by atoms with E-state index in [0.29, 0.717) is 22.3 Å². The van der Waals surface area contributed by atoms with Crippen molar-refractivity contribution in [3.63, 3.8) is 0 Å². The van der Waals surface area contributed by atoms with Gasteiger partial charge in [-0.05, 0) is 46.9 Å². The zero-order chi connectivity index (χ0) is 20.1. The van der Waals surface area contributed by atoms with Gasteiger partial charge in [0, 0.05) is 11.1 Å². The summed E-state index contributed by atoms with van der Waals surface area (Å²) in [6.07, 6.45) is 0. The summed E-state index contributed by atoms with van der Waals surface area (Å²) in [7, 11) is 0. The molecule has 4 heteroatoms. The molecule has 1 N–H and O–H groups in total. The van der Waals surface area contributed by atoms with Gasteiger partial charge >= 0.3 is 5.97 Å². The zero-order valence-corrected chi connectivity index (χ0v) is 15.6. The third kappa shape index (κ3) is 4.35. The highest BCUT2D eigenvalue weighted by Crippen LogP contribution is 2.31. The lowest BCUT2D eigenvalue weighted by atomic mass is 9.94. The highest BCUT2D eigenvalue weighted by Gasteiger charge is 2.13. The molecule has 28 heavy (non-hydrogen) atoms. The van der Waals surface area contributed by atoms with Crippen molar-refractivity contribution >= 4 is 5.97 Å². The van der Waals surface area contributed by atoms with Crippen LogP contribution >= 0.6 is 0 Å². The van der Waals surface area contributed by atoms with Gasteiger partial charge in [-0.15, -0.1) is 0 Å².